The Morgan fingerprint density at radius 2 is 1.61 bits per heavy atom. The Morgan fingerprint density at radius 3 is 2.17 bits per heavy atom. The molecule has 1 N–H and O–H groups in total. The first kappa shape index (κ1) is 17.6. The van der Waals surface area contributed by atoms with Crippen molar-refractivity contribution >= 4 is 21.4 Å². The van der Waals surface area contributed by atoms with E-state index in [1.807, 2.05) is 6.07 Å². The fraction of sp³-hybridized carbons (Fsp3) is 0.176. The van der Waals surface area contributed by atoms with Gasteiger partial charge in [0, 0.05) is 22.4 Å². The third-order valence-electron chi connectivity index (χ3n) is 3.20. The van der Waals surface area contributed by atoms with Crippen molar-refractivity contribution in [2.24, 2.45) is 0 Å². The molecule has 1 aromatic carbocycles. The molecule has 0 aliphatic heterocycles. The molecule has 2 nitrogen and oxygen atoms in total. The highest BCUT2D eigenvalue weighted by Gasteiger charge is 2.33. The van der Waals surface area contributed by atoms with E-state index >= 15 is 0 Å². The summed E-state index contributed by atoms with van der Waals surface area (Å²) in [6.07, 6.45) is -2.49. The van der Waals surface area contributed by atoms with Crippen molar-refractivity contribution in [2.45, 2.75) is 19.2 Å². The summed E-state index contributed by atoms with van der Waals surface area (Å²) in [7, 11) is 0. The molecule has 6 heteroatoms. The van der Waals surface area contributed by atoms with E-state index < -0.39 is 12.3 Å². The Hall–Kier alpha value is -1.79. The summed E-state index contributed by atoms with van der Waals surface area (Å²) in [6.45, 7) is 0.681. The first-order chi connectivity index (χ1) is 10.8. The van der Waals surface area contributed by atoms with Crippen LogP contribution in [0.25, 0.3) is 16.6 Å². The number of aliphatic hydroxyl groups is 1. The quantitative estimate of drug-likeness (QED) is 0.603. The van der Waals surface area contributed by atoms with Crippen LogP contribution < -0.4 is 0 Å². The van der Waals surface area contributed by atoms with Crippen LogP contribution in [-0.4, -0.2) is 21.8 Å². The third kappa shape index (κ3) is 4.59. The summed E-state index contributed by atoms with van der Waals surface area (Å²) in [4.78, 5) is 0. The lowest BCUT2D eigenvalue weighted by Gasteiger charge is -2.06. The van der Waals surface area contributed by atoms with Crippen molar-refractivity contribution in [2.75, 3.05) is 0 Å². The van der Waals surface area contributed by atoms with Gasteiger partial charge in [0.2, 0.25) is 0 Å². The number of rotatable bonds is 1. The summed E-state index contributed by atoms with van der Waals surface area (Å²) in [6, 6.07) is 16.8. The highest BCUT2D eigenvalue weighted by molar-refractivity contribution is 9.10. The maximum Gasteiger partial charge on any atom is 0.414 e. The van der Waals surface area contributed by atoms with Gasteiger partial charge in [0.15, 0.2) is 0 Å². The molecular weight excluding hydrogens is 371 g/mol. The highest BCUT2D eigenvalue weighted by Crippen LogP contribution is 2.26. The lowest BCUT2D eigenvalue weighted by Crippen LogP contribution is -2.24. The lowest BCUT2D eigenvalue weighted by molar-refractivity contribution is -0.197. The maximum atomic E-state index is 10.9. The minimum Gasteiger partial charge on any atom is -0.384 e. The second-order valence-electron chi connectivity index (χ2n) is 4.95. The van der Waals surface area contributed by atoms with Gasteiger partial charge < -0.3 is 9.51 Å². The van der Waals surface area contributed by atoms with E-state index in [1.165, 1.54) is 16.6 Å². The maximum absolute atomic E-state index is 10.9. The van der Waals surface area contributed by atoms with E-state index in [9.17, 15) is 13.2 Å². The van der Waals surface area contributed by atoms with Crippen LogP contribution in [-0.2, 0) is 0 Å². The number of fused-ring (bicyclic) bond motifs is 1. The predicted molar refractivity (Wildman–Crippen MR) is 88.3 cm³/mol. The van der Waals surface area contributed by atoms with E-state index in [-0.39, 0.29) is 0 Å². The minimum atomic E-state index is -4.44. The standard InChI is InChI=1S/C14H10BrN.C3H5F3O/c15-12-6-4-11(5-7-12)13-8-10-16-9-2-1-3-14(13)16;1-2(7)3(4,5)6/h1-10H;2,7H,1H3. The first-order valence-corrected chi connectivity index (χ1v) is 7.65. The molecule has 0 radical (unpaired) electrons. The van der Waals surface area contributed by atoms with Crippen molar-refractivity contribution in [3.8, 4) is 11.1 Å². The predicted octanol–water partition coefficient (Wildman–Crippen LogP) is 5.30. The molecule has 2 heterocycles. The van der Waals surface area contributed by atoms with Crippen molar-refractivity contribution in [3.05, 3.63) is 65.4 Å². The first-order valence-electron chi connectivity index (χ1n) is 6.85. The van der Waals surface area contributed by atoms with Gasteiger partial charge in [-0.25, -0.2) is 0 Å². The summed E-state index contributed by atoms with van der Waals surface area (Å²) in [5.41, 5.74) is 3.76. The van der Waals surface area contributed by atoms with Crippen molar-refractivity contribution < 1.29 is 18.3 Å². The molecule has 0 aliphatic carbocycles. The van der Waals surface area contributed by atoms with Gasteiger partial charge in [0.1, 0.15) is 6.10 Å². The number of aliphatic hydroxyl groups excluding tert-OH is 1. The van der Waals surface area contributed by atoms with Gasteiger partial charge in [0.05, 0.1) is 5.52 Å². The van der Waals surface area contributed by atoms with Crippen LogP contribution in [0.1, 0.15) is 6.92 Å². The largest absolute Gasteiger partial charge is 0.414 e. The zero-order valence-corrected chi connectivity index (χ0v) is 13.8. The van der Waals surface area contributed by atoms with Crippen molar-refractivity contribution in [3.63, 3.8) is 0 Å². The molecule has 23 heavy (non-hydrogen) atoms. The summed E-state index contributed by atoms with van der Waals surface area (Å²) >= 11 is 3.45. The Balaban J connectivity index is 0.000000236. The Bertz CT molecular complexity index is 763. The number of nitrogens with zero attached hydrogens (tertiary/aromatic N) is 1. The Kier molecular flexibility index (Phi) is 5.49. The van der Waals surface area contributed by atoms with Crippen LogP contribution in [0, 0.1) is 0 Å². The topological polar surface area (TPSA) is 24.6 Å². The molecule has 0 saturated heterocycles. The highest BCUT2D eigenvalue weighted by atomic mass is 79.9. The number of halogens is 4. The number of benzene rings is 1. The molecule has 0 bridgehead atoms. The Morgan fingerprint density at radius 1 is 1.00 bits per heavy atom. The van der Waals surface area contributed by atoms with E-state index in [4.69, 9.17) is 5.11 Å². The van der Waals surface area contributed by atoms with Gasteiger partial charge in [-0.05, 0) is 42.8 Å². The molecule has 0 aliphatic rings. The van der Waals surface area contributed by atoms with Crippen LogP contribution in [0.2, 0.25) is 0 Å². The van der Waals surface area contributed by atoms with E-state index in [2.05, 4.69) is 75.2 Å². The molecule has 2 aromatic heterocycles. The zero-order chi connectivity index (χ0) is 17.0. The SMILES string of the molecule is Brc1ccc(-c2ccn3ccccc23)cc1.CC(O)C(F)(F)F. The van der Waals surface area contributed by atoms with E-state index in [0.717, 1.165) is 4.47 Å². The molecular formula is C17H15BrF3NO. The van der Waals surface area contributed by atoms with Crippen LogP contribution in [0.5, 0.6) is 0 Å². The van der Waals surface area contributed by atoms with Gasteiger partial charge in [-0.15, -0.1) is 0 Å². The van der Waals surface area contributed by atoms with Gasteiger partial charge >= 0.3 is 6.18 Å². The summed E-state index contributed by atoms with van der Waals surface area (Å²) in [5, 5.41) is 7.76. The lowest BCUT2D eigenvalue weighted by atomic mass is 10.1. The molecule has 122 valence electrons. The minimum absolute atomic E-state index is 0.681. The number of hydrogen-bond acceptors (Lipinski definition) is 1. The molecule has 3 rings (SSSR count). The third-order valence-corrected chi connectivity index (χ3v) is 3.73. The van der Waals surface area contributed by atoms with Crippen LogP contribution >= 0.6 is 15.9 Å². The van der Waals surface area contributed by atoms with Gasteiger partial charge in [0.25, 0.3) is 0 Å². The average molecular weight is 386 g/mol. The summed E-state index contributed by atoms with van der Waals surface area (Å²) in [5.74, 6) is 0. The van der Waals surface area contributed by atoms with Gasteiger partial charge in [-0.2, -0.15) is 13.2 Å². The molecule has 0 spiro atoms. The Labute approximate surface area is 140 Å². The van der Waals surface area contributed by atoms with E-state index in [1.54, 1.807) is 0 Å². The number of aromatic nitrogens is 1. The molecule has 1 atom stereocenters. The molecule has 3 aromatic rings. The average Bonchev–Trinajstić information content (AvgIpc) is 2.92. The van der Waals surface area contributed by atoms with Gasteiger partial charge in [-0.3, -0.25) is 0 Å². The smallest absolute Gasteiger partial charge is 0.384 e. The summed E-state index contributed by atoms with van der Waals surface area (Å²) < 4.78 is 36.0. The number of hydrogen-bond donors (Lipinski definition) is 1. The van der Waals surface area contributed by atoms with Crippen molar-refractivity contribution in [1.29, 1.82) is 0 Å². The van der Waals surface area contributed by atoms with Gasteiger partial charge in [-0.1, -0.05) is 34.1 Å². The second-order valence-corrected chi connectivity index (χ2v) is 5.86. The fourth-order valence-electron chi connectivity index (χ4n) is 1.93. The molecule has 0 fully saturated rings. The number of alkyl halides is 3. The van der Waals surface area contributed by atoms with Crippen LogP contribution in [0.4, 0.5) is 13.2 Å². The second kappa shape index (κ2) is 7.19. The number of pyridine rings is 1. The van der Waals surface area contributed by atoms with Crippen molar-refractivity contribution in [1.82, 2.24) is 4.40 Å². The molecule has 0 saturated carbocycles. The zero-order valence-electron chi connectivity index (χ0n) is 12.3. The normalized spacial score (nSPS) is 12.6. The van der Waals surface area contributed by atoms with Crippen LogP contribution in [0.15, 0.2) is 65.4 Å². The molecule has 0 amide bonds. The molecule has 1 unspecified atom stereocenters. The van der Waals surface area contributed by atoms with E-state index in [0.29, 0.717) is 6.92 Å². The fourth-order valence-corrected chi connectivity index (χ4v) is 2.19. The van der Waals surface area contributed by atoms with Crippen LogP contribution in [0.3, 0.4) is 0 Å². The monoisotopic (exact) mass is 385 g/mol.